The van der Waals surface area contributed by atoms with Gasteiger partial charge in [-0.25, -0.2) is 4.79 Å². The van der Waals surface area contributed by atoms with E-state index >= 15 is 0 Å². The molecule has 1 N–H and O–H groups in total. The van der Waals surface area contributed by atoms with Crippen LogP contribution in [-0.2, 0) is 6.54 Å². The van der Waals surface area contributed by atoms with Gasteiger partial charge in [-0.15, -0.1) is 0 Å². The largest absolute Gasteiger partial charge is 0.367 e. The number of anilines is 1. The molecule has 1 saturated heterocycles. The van der Waals surface area contributed by atoms with E-state index in [1.54, 1.807) is 29.2 Å². The van der Waals surface area contributed by atoms with Crippen LogP contribution in [0.4, 0.5) is 5.69 Å². The molecule has 3 aromatic rings. The van der Waals surface area contributed by atoms with Crippen LogP contribution in [0.2, 0.25) is 10.0 Å². The predicted molar refractivity (Wildman–Crippen MR) is 121 cm³/mol. The maximum atomic E-state index is 13.0. The topological polar surface area (TPSA) is 78.4 Å². The molecule has 1 fully saturated rings. The van der Waals surface area contributed by atoms with Gasteiger partial charge in [0, 0.05) is 37.4 Å². The summed E-state index contributed by atoms with van der Waals surface area (Å²) in [6.07, 6.45) is 1.19. The lowest BCUT2D eigenvalue weighted by Gasteiger charge is -2.36. The molecule has 0 radical (unpaired) electrons. The molecule has 2 aromatic carbocycles. The summed E-state index contributed by atoms with van der Waals surface area (Å²) >= 11 is 12.4. The van der Waals surface area contributed by atoms with E-state index < -0.39 is 17.2 Å². The number of carbonyl (C=O) groups excluding carboxylic acids is 1. The number of aromatic amines is 1. The second-order valence-electron chi connectivity index (χ2n) is 7.22. The Morgan fingerprint density at radius 2 is 1.55 bits per heavy atom. The normalized spacial score (nSPS) is 14.0. The summed E-state index contributed by atoms with van der Waals surface area (Å²) in [6, 6.07) is 14.5. The molecule has 1 aliphatic heterocycles. The van der Waals surface area contributed by atoms with E-state index in [2.05, 4.69) is 9.88 Å². The third-order valence-corrected chi connectivity index (χ3v) is 6.03. The number of piperazine rings is 1. The SMILES string of the molecule is O=C(c1c[nH]c(=O)n(Cc2ccccc2Cl)c1=O)N1CCN(c2ccccc2Cl)CC1. The van der Waals surface area contributed by atoms with E-state index in [1.165, 1.54) is 6.20 Å². The lowest BCUT2D eigenvalue weighted by Crippen LogP contribution is -2.50. The van der Waals surface area contributed by atoms with Crippen molar-refractivity contribution in [2.75, 3.05) is 31.1 Å². The molecule has 31 heavy (non-hydrogen) atoms. The predicted octanol–water partition coefficient (Wildman–Crippen LogP) is 2.85. The third kappa shape index (κ3) is 4.38. The smallest absolute Gasteiger partial charge is 0.328 e. The first-order chi connectivity index (χ1) is 15.0. The Hall–Kier alpha value is -3.03. The van der Waals surface area contributed by atoms with E-state index in [-0.39, 0.29) is 12.1 Å². The Morgan fingerprint density at radius 3 is 2.23 bits per heavy atom. The highest BCUT2D eigenvalue weighted by molar-refractivity contribution is 6.33. The van der Waals surface area contributed by atoms with Gasteiger partial charge in [0.15, 0.2) is 0 Å². The van der Waals surface area contributed by atoms with Gasteiger partial charge in [0.05, 0.1) is 17.3 Å². The van der Waals surface area contributed by atoms with Crippen LogP contribution in [0.5, 0.6) is 0 Å². The van der Waals surface area contributed by atoms with E-state index in [0.717, 1.165) is 10.3 Å². The fraction of sp³-hybridized carbons (Fsp3) is 0.227. The average Bonchev–Trinajstić information content (AvgIpc) is 2.78. The van der Waals surface area contributed by atoms with Crippen molar-refractivity contribution in [1.82, 2.24) is 14.5 Å². The monoisotopic (exact) mass is 458 g/mol. The lowest BCUT2D eigenvalue weighted by molar-refractivity contribution is 0.0743. The number of carbonyl (C=O) groups is 1. The first-order valence-electron chi connectivity index (χ1n) is 9.80. The summed E-state index contributed by atoms with van der Waals surface area (Å²) in [5.41, 5.74) is 0.238. The molecule has 1 aliphatic rings. The summed E-state index contributed by atoms with van der Waals surface area (Å²) in [5, 5.41) is 1.10. The molecule has 4 rings (SSSR count). The quantitative estimate of drug-likeness (QED) is 0.651. The molecule has 9 heteroatoms. The van der Waals surface area contributed by atoms with Gasteiger partial charge in [0.25, 0.3) is 11.5 Å². The zero-order chi connectivity index (χ0) is 22.0. The van der Waals surface area contributed by atoms with Gasteiger partial charge < -0.3 is 14.8 Å². The molecule has 7 nitrogen and oxygen atoms in total. The fourth-order valence-electron chi connectivity index (χ4n) is 3.63. The van der Waals surface area contributed by atoms with Gasteiger partial charge in [-0.3, -0.25) is 14.2 Å². The van der Waals surface area contributed by atoms with Crippen LogP contribution >= 0.6 is 23.2 Å². The highest BCUT2D eigenvalue weighted by Gasteiger charge is 2.26. The number of para-hydroxylation sites is 1. The number of nitrogens with zero attached hydrogens (tertiary/aromatic N) is 3. The van der Waals surface area contributed by atoms with Crippen molar-refractivity contribution in [3.63, 3.8) is 0 Å². The number of nitrogens with one attached hydrogen (secondary N) is 1. The first kappa shape index (κ1) is 21.2. The number of hydrogen-bond acceptors (Lipinski definition) is 4. The van der Waals surface area contributed by atoms with E-state index in [4.69, 9.17) is 23.2 Å². The van der Waals surface area contributed by atoms with E-state index in [9.17, 15) is 14.4 Å². The zero-order valence-electron chi connectivity index (χ0n) is 16.6. The molecule has 1 amide bonds. The Kier molecular flexibility index (Phi) is 6.15. The zero-order valence-corrected chi connectivity index (χ0v) is 18.1. The van der Waals surface area contributed by atoms with E-state index in [0.29, 0.717) is 41.8 Å². The maximum Gasteiger partial charge on any atom is 0.328 e. The summed E-state index contributed by atoms with van der Waals surface area (Å²) in [5.74, 6) is -0.409. The molecule has 0 unspecified atom stereocenters. The lowest BCUT2D eigenvalue weighted by atomic mass is 10.2. The summed E-state index contributed by atoms with van der Waals surface area (Å²) in [7, 11) is 0. The Morgan fingerprint density at radius 1 is 0.903 bits per heavy atom. The molecule has 0 atom stereocenters. The molecular formula is C22H20Cl2N4O3. The van der Waals surface area contributed by atoms with Crippen molar-refractivity contribution in [2.24, 2.45) is 0 Å². The van der Waals surface area contributed by atoms with Gasteiger partial charge in [-0.2, -0.15) is 0 Å². The minimum absolute atomic E-state index is 0.0186. The fourth-order valence-corrected chi connectivity index (χ4v) is 4.08. The van der Waals surface area contributed by atoms with Crippen LogP contribution in [0.15, 0.2) is 64.3 Å². The Labute approximate surface area is 188 Å². The van der Waals surface area contributed by atoms with Crippen molar-refractivity contribution in [3.05, 3.63) is 96.7 Å². The molecule has 0 spiro atoms. The van der Waals surface area contributed by atoms with Gasteiger partial charge >= 0.3 is 5.69 Å². The van der Waals surface area contributed by atoms with Crippen molar-refractivity contribution in [1.29, 1.82) is 0 Å². The molecular weight excluding hydrogens is 439 g/mol. The van der Waals surface area contributed by atoms with Crippen LogP contribution in [0.3, 0.4) is 0 Å². The number of benzene rings is 2. The first-order valence-corrected chi connectivity index (χ1v) is 10.6. The average molecular weight is 459 g/mol. The minimum atomic E-state index is -0.637. The van der Waals surface area contributed by atoms with Gasteiger partial charge in [0.1, 0.15) is 5.56 Å². The van der Waals surface area contributed by atoms with Crippen LogP contribution in [0, 0.1) is 0 Å². The number of halogens is 2. The maximum absolute atomic E-state index is 13.0. The minimum Gasteiger partial charge on any atom is -0.367 e. The summed E-state index contributed by atoms with van der Waals surface area (Å²) in [4.78, 5) is 44.5. The van der Waals surface area contributed by atoms with Crippen molar-refractivity contribution in [2.45, 2.75) is 6.54 Å². The molecule has 0 aliphatic carbocycles. The second kappa shape index (κ2) is 8.99. The molecule has 1 aromatic heterocycles. The standard InChI is InChI=1S/C22H20Cl2N4O3/c23-17-6-2-1-5-15(17)14-28-21(30)16(13-25-22(28)31)20(29)27-11-9-26(10-12-27)19-8-4-3-7-18(19)24/h1-8,13H,9-12,14H2,(H,25,31). The highest BCUT2D eigenvalue weighted by atomic mass is 35.5. The molecule has 160 valence electrons. The third-order valence-electron chi connectivity index (χ3n) is 5.34. The van der Waals surface area contributed by atoms with Gasteiger partial charge in [-0.05, 0) is 23.8 Å². The summed E-state index contributed by atoms with van der Waals surface area (Å²) < 4.78 is 0.994. The number of rotatable bonds is 4. The van der Waals surface area contributed by atoms with Crippen molar-refractivity contribution >= 4 is 34.8 Å². The second-order valence-corrected chi connectivity index (χ2v) is 8.04. The molecule has 0 saturated carbocycles. The Balaban J connectivity index is 1.53. The van der Waals surface area contributed by atoms with Crippen LogP contribution < -0.4 is 16.1 Å². The van der Waals surface area contributed by atoms with Crippen molar-refractivity contribution in [3.8, 4) is 0 Å². The van der Waals surface area contributed by atoms with Gasteiger partial charge in [0.2, 0.25) is 0 Å². The van der Waals surface area contributed by atoms with Crippen LogP contribution in [0.25, 0.3) is 0 Å². The number of hydrogen-bond donors (Lipinski definition) is 1. The van der Waals surface area contributed by atoms with E-state index in [1.807, 2.05) is 24.3 Å². The van der Waals surface area contributed by atoms with Gasteiger partial charge in [-0.1, -0.05) is 53.5 Å². The molecule has 2 heterocycles. The van der Waals surface area contributed by atoms with Crippen molar-refractivity contribution < 1.29 is 4.79 Å². The highest BCUT2D eigenvalue weighted by Crippen LogP contribution is 2.26. The number of H-pyrrole nitrogens is 1. The van der Waals surface area contributed by atoms with Crippen LogP contribution in [0.1, 0.15) is 15.9 Å². The van der Waals surface area contributed by atoms with Crippen LogP contribution in [-0.4, -0.2) is 46.5 Å². The number of aromatic nitrogens is 2. The number of amides is 1. The summed E-state index contributed by atoms with van der Waals surface area (Å²) in [6.45, 7) is 2.04. The Bertz CT molecular complexity index is 1230. The molecule has 0 bridgehead atoms.